The summed E-state index contributed by atoms with van der Waals surface area (Å²) >= 11 is 0. The highest BCUT2D eigenvalue weighted by molar-refractivity contribution is 7.89. The average Bonchev–Trinajstić information content (AvgIpc) is 3.05. The standard InChI is InChI=1S/C11H19N5O2S/c12-6-8-7-13-14-11(8)19(17,18)15-9-3-5-16-4-1-2-10(9)16/h7,9-10,15H,1-6,12H2,(H,13,14). The lowest BCUT2D eigenvalue weighted by Crippen LogP contribution is -2.42. The van der Waals surface area contributed by atoms with Gasteiger partial charge in [-0.2, -0.15) is 5.10 Å². The Kier molecular flexibility index (Phi) is 3.34. The summed E-state index contributed by atoms with van der Waals surface area (Å²) in [5.74, 6) is 0. The smallest absolute Gasteiger partial charge is 0.258 e. The van der Waals surface area contributed by atoms with Gasteiger partial charge in [-0.05, 0) is 25.8 Å². The Morgan fingerprint density at radius 1 is 1.47 bits per heavy atom. The van der Waals surface area contributed by atoms with Crippen LogP contribution >= 0.6 is 0 Å². The van der Waals surface area contributed by atoms with E-state index in [1.165, 1.54) is 6.20 Å². The summed E-state index contributed by atoms with van der Waals surface area (Å²) in [7, 11) is -3.56. The highest BCUT2D eigenvalue weighted by Gasteiger charge is 2.39. The van der Waals surface area contributed by atoms with Crippen LogP contribution in [0.5, 0.6) is 0 Å². The highest BCUT2D eigenvalue weighted by Crippen LogP contribution is 2.29. The van der Waals surface area contributed by atoms with Gasteiger partial charge >= 0.3 is 0 Å². The summed E-state index contributed by atoms with van der Waals surface area (Å²) in [6, 6.07) is 0.348. The van der Waals surface area contributed by atoms with Crippen molar-refractivity contribution in [1.29, 1.82) is 0 Å². The zero-order valence-corrected chi connectivity index (χ0v) is 11.5. The third-order valence-electron chi connectivity index (χ3n) is 4.08. The fourth-order valence-corrected chi connectivity index (χ4v) is 4.60. The Balaban J connectivity index is 1.79. The SMILES string of the molecule is NCc1cn[nH]c1S(=O)(=O)NC1CCN2CCCC12. The van der Waals surface area contributed by atoms with Crippen molar-refractivity contribution >= 4 is 10.0 Å². The number of H-pyrrole nitrogens is 1. The maximum Gasteiger partial charge on any atom is 0.258 e. The Morgan fingerprint density at radius 2 is 2.32 bits per heavy atom. The van der Waals surface area contributed by atoms with Gasteiger partial charge in [0, 0.05) is 30.7 Å². The van der Waals surface area contributed by atoms with Crippen LogP contribution in [-0.4, -0.2) is 48.7 Å². The van der Waals surface area contributed by atoms with Crippen LogP contribution in [0.1, 0.15) is 24.8 Å². The van der Waals surface area contributed by atoms with E-state index in [1.54, 1.807) is 0 Å². The fourth-order valence-electron chi connectivity index (χ4n) is 3.16. The summed E-state index contributed by atoms with van der Waals surface area (Å²) in [6.45, 7) is 2.22. The van der Waals surface area contributed by atoms with E-state index in [0.717, 1.165) is 32.4 Å². The predicted octanol–water partition coefficient (Wildman–Crippen LogP) is -0.617. The van der Waals surface area contributed by atoms with E-state index in [2.05, 4.69) is 19.8 Å². The van der Waals surface area contributed by atoms with E-state index in [0.29, 0.717) is 11.6 Å². The van der Waals surface area contributed by atoms with Gasteiger partial charge in [0.1, 0.15) is 0 Å². The summed E-state index contributed by atoms with van der Waals surface area (Å²) in [5, 5.41) is 6.41. The van der Waals surface area contributed by atoms with Gasteiger partial charge in [0.15, 0.2) is 5.03 Å². The highest BCUT2D eigenvalue weighted by atomic mass is 32.2. The predicted molar refractivity (Wildman–Crippen MR) is 69.8 cm³/mol. The molecule has 8 heteroatoms. The molecule has 2 aliphatic heterocycles. The number of hydrogen-bond donors (Lipinski definition) is 3. The molecule has 106 valence electrons. The first-order chi connectivity index (χ1) is 9.12. The second-order valence-corrected chi connectivity index (χ2v) is 6.84. The van der Waals surface area contributed by atoms with Gasteiger partial charge in [-0.3, -0.25) is 10.00 Å². The van der Waals surface area contributed by atoms with E-state index >= 15 is 0 Å². The topological polar surface area (TPSA) is 104 Å². The van der Waals surface area contributed by atoms with Crippen molar-refractivity contribution < 1.29 is 8.42 Å². The first-order valence-corrected chi connectivity index (χ1v) is 8.09. The van der Waals surface area contributed by atoms with Gasteiger partial charge in [0.25, 0.3) is 10.0 Å². The van der Waals surface area contributed by atoms with Crippen molar-refractivity contribution in [2.24, 2.45) is 5.73 Å². The molecule has 3 rings (SSSR count). The van der Waals surface area contributed by atoms with Crippen molar-refractivity contribution in [2.75, 3.05) is 13.1 Å². The summed E-state index contributed by atoms with van der Waals surface area (Å²) in [6.07, 6.45) is 4.56. The number of fused-ring (bicyclic) bond motifs is 1. The van der Waals surface area contributed by atoms with Gasteiger partial charge in [-0.25, -0.2) is 13.1 Å². The number of nitrogens with two attached hydrogens (primary N) is 1. The lowest BCUT2D eigenvalue weighted by atomic mass is 10.1. The molecule has 0 aromatic carbocycles. The molecule has 0 amide bonds. The van der Waals surface area contributed by atoms with E-state index in [9.17, 15) is 8.42 Å². The molecule has 1 aromatic rings. The molecule has 0 spiro atoms. The second kappa shape index (κ2) is 4.86. The largest absolute Gasteiger partial charge is 0.326 e. The summed E-state index contributed by atoms with van der Waals surface area (Å²) in [5.41, 5.74) is 6.05. The van der Waals surface area contributed by atoms with Crippen LogP contribution in [0, 0.1) is 0 Å². The van der Waals surface area contributed by atoms with E-state index in [1.807, 2.05) is 0 Å². The number of nitrogens with zero attached hydrogens (tertiary/aromatic N) is 2. The molecule has 2 saturated heterocycles. The molecule has 4 N–H and O–H groups in total. The molecule has 3 heterocycles. The first kappa shape index (κ1) is 13.0. The van der Waals surface area contributed by atoms with Crippen LogP contribution in [0.2, 0.25) is 0 Å². The molecule has 2 fully saturated rings. The molecule has 1 aromatic heterocycles. The minimum atomic E-state index is -3.56. The molecule has 19 heavy (non-hydrogen) atoms. The number of aromatic nitrogens is 2. The monoisotopic (exact) mass is 285 g/mol. The lowest BCUT2D eigenvalue weighted by Gasteiger charge is -2.21. The van der Waals surface area contributed by atoms with Crippen LogP contribution in [0.15, 0.2) is 11.2 Å². The van der Waals surface area contributed by atoms with Crippen molar-refractivity contribution in [3.63, 3.8) is 0 Å². The normalized spacial score (nSPS) is 27.8. The lowest BCUT2D eigenvalue weighted by molar-refractivity contribution is 0.308. The van der Waals surface area contributed by atoms with Crippen LogP contribution in [0.4, 0.5) is 0 Å². The van der Waals surface area contributed by atoms with E-state index in [-0.39, 0.29) is 17.6 Å². The second-order valence-electron chi connectivity index (χ2n) is 5.19. The minimum Gasteiger partial charge on any atom is -0.326 e. The zero-order chi connectivity index (χ0) is 13.5. The quantitative estimate of drug-likeness (QED) is 0.684. The number of rotatable bonds is 4. The van der Waals surface area contributed by atoms with Crippen molar-refractivity contribution in [3.05, 3.63) is 11.8 Å². The Labute approximate surface area is 112 Å². The van der Waals surface area contributed by atoms with Gasteiger partial charge in [0.2, 0.25) is 0 Å². The molecule has 0 bridgehead atoms. The maximum absolute atomic E-state index is 12.4. The zero-order valence-electron chi connectivity index (χ0n) is 10.7. The Morgan fingerprint density at radius 3 is 3.11 bits per heavy atom. The van der Waals surface area contributed by atoms with Gasteiger partial charge in [0.05, 0.1) is 6.20 Å². The van der Waals surface area contributed by atoms with Crippen molar-refractivity contribution in [3.8, 4) is 0 Å². The van der Waals surface area contributed by atoms with Crippen LogP contribution < -0.4 is 10.5 Å². The molecular weight excluding hydrogens is 266 g/mol. The third kappa shape index (κ3) is 2.29. The van der Waals surface area contributed by atoms with E-state index in [4.69, 9.17) is 5.73 Å². The van der Waals surface area contributed by atoms with Crippen LogP contribution in [0.3, 0.4) is 0 Å². The first-order valence-electron chi connectivity index (χ1n) is 6.60. The summed E-state index contributed by atoms with van der Waals surface area (Å²) < 4.78 is 27.5. The molecular formula is C11H19N5O2S. The molecule has 0 radical (unpaired) electrons. The molecule has 2 unspecified atom stereocenters. The van der Waals surface area contributed by atoms with Gasteiger partial charge in [-0.1, -0.05) is 0 Å². The van der Waals surface area contributed by atoms with Gasteiger partial charge < -0.3 is 5.73 Å². The maximum atomic E-state index is 12.4. The average molecular weight is 285 g/mol. The number of hydrogen-bond acceptors (Lipinski definition) is 5. The molecule has 2 aliphatic rings. The Hall–Kier alpha value is -0.960. The number of aromatic amines is 1. The molecule has 2 atom stereocenters. The third-order valence-corrected chi connectivity index (χ3v) is 5.58. The number of sulfonamides is 1. The Bertz CT molecular complexity index is 555. The van der Waals surface area contributed by atoms with Crippen molar-refractivity contribution in [2.45, 2.75) is 42.9 Å². The van der Waals surface area contributed by atoms with Crippen LogP contribution in [-0.2, 0) is 16.6 Å². The van der Waals surface area contributed by atoms with Crippen LogP contribution in [0.25, 0.3) is 0 Å². The number of nitrogens with one attached hydrogen (secondary N) is 2. The molecule has 7 nitrogen and oxygen atoms in total. The molecule has 0 aliphatic carbocycles. The van der Waals surface area contributed by atoms with E-state index < -0.39 is 10.0 Å². The van der Waals surface area contributed by atoms with Crippen molar-refractivity contribution in [1.82, 2.24) is 19.8 Å². The van der Waals surface area contributed by atoms with Gasteiger partial charge in [-0.15, -0.1) is 0 Å². The fraction of sp³-hybridized carbons (Fsp3) is 0.727. The summed E-state index contributed by atoms with van der Waals surface area (Å²) in [4.78, 5) is 2.37. The minimum absolute atomic E-state index is 0.00132. The molecule has 0 saturated carbocycles.